The molecule has 0 aromatic heterocycles. The van der Waals surface area contributed by atoms with Gasteiger partial charge in [-0.1, -0.05) is 58.4 Å². The molecule has 1 amide bonds. The molecule has 2 aromatic rings. The molecule has 0 heterocycles. The Labute approximate surface area is 138 Å². The van der Waals surface area contributed by atoms with E-state index in [4.69, 9.17) is 4.74 Å². The number of halogens is 1. The smallest absolute Gasteiger partial charge is 0.407 e. The van der Waals surface area contributed by atoms with Crippen LogP contribution >= 0.6 is 15.9 Å². The minimum absolute atomic E-state index is 0.0789. The van der Waals surface area contributed by atoms with Gasteiger partial charge in [0.15, 0.2) is 0 Å². The standard InChI is InChI=1S/C18H18BrNO2/c19-16-8-4-7-15(11-16)18(9-10-18)13-20-17(21)22-12-14-5-2-1-3-6-14/h1-8,11H,9-10,12-13H2,(H,20,21). The zero-order chi connectivity index (χ0) is 15.4. The Morgan fingerprint density at radius 1 is 1.14 bits per heavy atom. The summed E-state index contributed by atoms with van der Waals surface area (Å²) < 4.78 is 6.32. The van der Waals surface area contributed by atoms with Crippen molar-refractivity contribution in [2.75, 3.05) is 6.54 Å². The maximum Gasteiger partial charge on any atom is 0.407 e. The molecule has 3 rings (SSSR count). The van der Waals surface area contributed by atoms with Crippen LogP contribution in [0.4, 0.5) is 4.79 Å². The van der Waals surface area contributed by atoms with Gasteiger partial charge in [-0.2, -0.15) is 0 Å². The predicted octanol–water partition coefficient (Wildman–Crippen LogP) is 4.41. The number of nitrogens with one attached hydrogen (secondary N) is 1. The Hall–Kier alpha value is -1.81. The average Bonchev–Trinajstić information content (AvgIpc) is 3.33. The fourth-order valence-electron chi connectivity index (χ4n) is 2.55. The topological polar surface area (TPSA) is 38.3 Å². The van der Waals surface area contributed by atoms with Crippen LogP contribution < -0.4 is 5.32 Å². The van der Waals surface area contributed by atoms with Gasteiger partial charge in [0.1, 0.15) is 6.61 Å². The quantitative estimate of drug-likeness (QED) is 0.858. The zero-order valence-electron chi connectivity index (χ0n) is 12.2. The number of hydrogen-bond acceptors (Lipinski definition) is 2. The van der Waals surface area contributed by atoms with E-state index >= 15 is 0 Å². The predicted molar refractivity (Wildman–Crippen MR) is 89.7 cm³/mol. The molecule has 0 bridgehead atoms. The van der Waals surface area contributed by atoms with E-state index in [1.807, 2.05) is 42.5 Å². The van der Waals surface area contributed by atoms with Crippen LogP contribution in [0.25, 0.3) is 0 Å². The molecular weight excluding hydrogens is 342 g/mol. The highest BCUT2D eigenvalue weighted by atomic mass is 79.9. The molecule has 2 aromatic carbocycles. The third kappa shape index (κ3) is 3.69. The van der Waals surface area contributed by atoms with Gasteiger partial charge >= 0.3 is 6.09 Å². The number of benzene rings is 2. The van der Waals surface area contributed by atoms with E-state index in [-0.39, 0.29) is 11.5 Å². The summed E-state index contributed by atoms with van der Waals surface area (Å²) in [5.74, 6) is 0. The number of rotatable bonds is 5. The van der Waals surface area contributed by atoms with Gasteiger partial charge in [-0.15, -0.1) is 0 Å². The van der Waals surface area contributed by atoms with Crippen molar-refractivity contribution in [3.63, 3.8) is 0 Å². The Bertz CT molecular complexity index is 653. The van der Waals surface area contributed by atoms with E-state index in [1.165, 1.54) is 5.56 Å². The highest BCUT2D eigenvalue weighted by molar-refractivity contribution is 9.10. The van der Waals surface area contributed by atoms with Gasteiger partial charge in [-0.05, 0) is 36.1 Å². The first kappa shape index (κ1) is 15.1. The Balaban J connectivity index is 1.51. The van der Waals surface area contributed by atoms with E-state index < -0.39 is 0 Å². The summed E-state index contributed by atoms with van der Waals surface area (Å²) in [6, 6.07) is 18.0. The average molecular weight is 360 g/mol. The van der Waals surface area contributed by atoms with Crippen LogP contribution in [0.5, 0.6) is 0 Å². The number of carbonyl (C=O) groups is 1. The zero-order valence-corrected chi connectivity index (χ0v) is 13.8. The van der Waals surface area contributed by atoms with Crippen LogP contribution in [-0.4, -0.2) is 12.6 Å². The van der Waals surface area contributed by atoms with Gasteiger partial charge in [0.2, 0.25) is 0 Å². The number of carbonyl (C=O) groups excluding carboxylic acids is 1. The summed E-state index contributed by atoms with van der Waals surface area (Å²) in [4.78, 5) is 11.8. The molecule has 1 aliphatic rings. The third-order valence-electron chi connectivity index (χ3n) is 4.07. The lowest BCUT2D eigenvalue weighted by Crippen LogP contribution is -2.32. The molecule has 1 fully saturated rings. The highest BCUT2D eigenvalue weighted by Crippen LogP contribution is 2.48. The minimum Gasteiger partial charge on any atom is -0.445 e. The largest absolute Gasteiger partial charge is 0.445 e. The second-order valence-corrected chi connectivity index (χ2v) is 6.62. The SMILES string of the molecule is O=C(NCC1(c2cccc(Br)c2)CC1)OCc1ccccc1. The van der Waals surface area contributed by atoms with E-state index in [2.05, 4.69) is 33.4 Å². The second-order valence-electron chi connectivity index (χ2n) is 5.71. The summed E-state index contributed by atoms with van der Waals surface area (Å²) in [6.45, 7) is 0.924. The maximum atomic E-state index is 11.8. The third-order valence-corrected chi connectivity index (χ3v) is 4.57. The Morgan fingerprint density at radius 2 is 1.91 bits per heavy atom. The number of alkyl carbamates (subject to hydrolysis) is 1. The van der Waals surface area contributed by atoms with Gasteiger partial charge < -0.3 is 10.1 Å². The lowest BCUT2D eigenvalue weighted by Gasteiger charge is -2.17. The summed E-state index contributed by atoms with van der Waals surface area (Å²) >= 11 is 3.50. The number of ether oxygens (including phenoxy) is 1. The molecule has 1 saturated carbocycles. The van der Waals surface area contributed by atoms with Crippen molar-refractivity contribution in [1.82, 2.24) is 5.32 Å². The fourth-order valence-corrected chi connectivity index (χ4v) is 2.95. The molecule has 0 spiro atoms. The minimum atomic E-state index is -0.356. The van der Waals surface area contributed by atoms with Gasteiger partial charge in [0.05, 0.1) is 0 Å². The molecule has 1 aliphatic carbocycles. The van der Waals surface area contributed by atoms with Crippen molar-refractivity contribution in [3.05, 3.63) is 70.2 Å². The van der Waals surface area contributed by atoms with Crippen LogP contribution in [0.2, 0.25) is 0 Å². The van der Waals surface area contributed by atoms with Gasteiger partial charge in [0, 0.05) is 16.4 Å². The van der Waals surface area contributed by atoms with Crippen LogP contribution in [-0.2, 0) is 16.8 Å². The van der Waals surface area contributed by atoms with Gasteiger partial charge in [-0.3, -0.25) is 0 Å². The van der Waals surface area contributed by atoms with E-state index in [0.29, 0.717) is 13.2 Å². The van der Waals surface area contributed by atoms with Crippen molar-refractivity contribution in [2.24, 2.45) is 0 Å². The molecule has 1 N–H and O–H groups in total. The lowest BCUT2D eigenvalue weighted by molar-refractivity contribution is 0.138. The van der Waals surface area contributed by atoms with Crippen LogP contribution in [0.15, 0.2) is 59.1 Å². The van der Waals surface area contributed by atoms with E-state index in [0.717, 1.165) is 22.9 Å². The maximum absolute atomic E-state index is 11.8. The monoisotopic (exact) mass is 359 g/mol. The highest BCUT2D eigenvalue weighted by Gasteiger charge is 2.44. The summed E-state index contributed by atoms with van der Waals surface area (Å²) in [5.41, 5.74) is 2.34. The number of amides is 1. The summed E-state index contributed by atoms with van der Waals surface area (Å²) in [7, 11) is 0. The molecule has 0 unspecified atom stereocenters. The fraction of sp³-hybridized carbons (Fsp3) is 0.278. The Kier molecular flexibility index (Phi) is 4.48. The van der Waals surface area contributed by atoms with E-state index in [1.54, 1.807) is 0 Å². The molecule has 0 aliphatic heterocycles. The van der Waals surface area contributed by atoms with Crippen LogP contribution in [0.1, 0.15) is 24.0 Å². The normalized spacial score (nSPS) is 15.1. The molecule has 22 heavy (non-hydrogen) atoms. The van der Waals surface area contributed by atoms with Crippen molar-refractivity contribution in [1.29, 1.82) is 0 Å². The first-order valence-corrected chi connectivity index (χ1v) is 8.18. The lowest BCUT2D eigenvalue weighted by atomic mass is 9.96. The molecule has 4 heteroatoms. The van der Waals surface area contributed by atoms with Crippen molar-refractivity contribution < 1.29 is 9.53 Å². The summed E-state index contributed by atoms with van der Waals surface area (Å²) in [5, 5.41) is 2.90. The Morgan fingerprint density at radius 3 is 2.59 bits per heavy atom. The van der Waals surface area contributed by atoms with Gasteiger partial charge in [-0.25, -0.2) is 4.79 Å². The first-order valence-electron chi connectivity index (χ1n) is 7.39. The molecule has 0 saturated heterocycles. The van der Waals surface area contributed by atoms with Gasteiger partial charge in [0.25, 0.3) is 0 Å². The molecule has 3 nitrogen and oxygen atoms in total. The van der Waals surface area contributed by atoms with Crippen molar-refractivity contribution in [3.8, 4) is 0 Å². The number of hydrogen-bond donors (Lipinski definition) is 1. The van der Waals surface area contributed by atoms with Crippen molar-refractivity contribution >= 4 is 22.0 Å². The molecule has 0 atom stereocenters. The molecule has 114 valence electrons. The van der Waals surface area contributed by atoms with Crippen LogP contribution in [0, 0.1) is 0 Å². The molecular formula is C18H18BrNO2. The van der Waals surface area contributed by atoms with Crippen LogP contribution in [0.3, 0.4) is 0 Å². The van der Waals surface area contributed by atoms with E-state index in [9.17, 15) is 4.79 Å². The van der Waals surface area contributed by atoms with Crippen molar-refractivity contribution in [2.45, 2.75) is 24.9 Å². The molecule has 0 radical (unpaired) electrons. The summed E-state index contributed by atoms with van der Waals surface area (Å²) in [6.07, 6.45) is 1.84. The first-order chi connectivity index (χ1) is 10.7. The second kappa shape index (κ2) is 6.53.